The van der Waals surface area contributed by atoms with Gasteiger partial charge in [0.1, 0.15) is 0 Å². The second-order valence-corrected chi connectivity index (χ2v) is 0.250. The van der Waals surface area contributed by atoms with Crippen LogP contribution >= 0.6 is 0 Å². The predicted molar refractivity (Wildman–Crippen MR) is 5.40 cm³/mol. The van der Waals surface area contributed by atoms with Crippen molar-refractivity contribution in [3.8, 4) is 0 Å². The van der Waals surface area contributed by atoms with E-state index in [4.69, 9.17) is 15.0 Å². The first kappa shape index (κ1) is 36.6. The summed E-state index contributed by atoms with van der Waals surface area (Å²) in [7, 11) is 0. The fourth-order valence-electron chi connectivity index (χ4n) is 0. The van der Waals surface area contributed by atoms with Crippen LogP contribution in [-0.2, 0) is 0 Å². The number of carbonyl (C=O) groups excluding carboxylic acids is 1. The van der Waals surface area contributed by atoms with E-state index in [1.165, 1.54) is 0 Å². The minimum atomic E-state index is -2.33. The summed E-state index contributed by atoms with van der Waals surface area (Å²) in [5.74, 6) is 0. The smallest absolute Gasteiger partial charge is 0.0431 e. The second-order valence-electron chi connectivity index (χ2n) is 0.250. The van der Waals surface area contributed by atoms with Gasteiger partial charge in [0.05, 0.1) is 0 Å². The minimum absolute atomic E-state index is 0. The summed E-state index contributed by atoms with van der Waals surface area (Å²) in [6.07, 6.45) is -2.33. The van der Waals surface area contributed by atoms with Crippen LogP contribution in [0.25, 0.3) is 0 Å². The van der Waals surface area contributed by atoms with Gasteiger partial charge < -0.3 is 29.1 Å². The third kappa shape index (κ3) is 53.6. The van der Waals surface area contributed by atoms with E-state index in [0.29, 0.717) is 0 Å². The van der Waals surface area contributed by atoms with Crippen LogP contribution < -0.4 is 24.3 Å². The molecule has 0 aliphatic rings. The first-order chi connectivity index (χ1) is 1.73. The topological polar surface area (TPSA) is 63.2 Å². The van der Waals surface area contributed by atoms with Gasteiger partial charge in [-0.3, -0.25) is 0 Å². The Morgan fingerprint density at radius 1 is 1.00 bits per heavy atom. The maximum atomic E-state index is 8.33. The van der Waals surface area contributed by atoms with Crippen LogP contribution in [0.3, 0.4) is 0 Å². The molecule has 0 heterocycles. The van der Waals surface area contributed by atoms with Crippen molar-refractivity contribution in [2.45, 2.75) is 0 Å². The quantitative estimate of drug-likeness (QED) is 0.316. The molecule has 0 spiro atoms. The van der Waals surface area contributed by atoms with Crippen molar-refractivity contribution < 1.29 is 29.1 Å². The number of halogens is 3. The molecule has 0 aromatic carbocycles. The molecule has 0 radical (unpaired) electrons. The van der Waals surface area contributed by atoms with Crippen molar-refractivity contribution >= 4 is 6.16 Å². The van der Waals surface area contributed by atoms with Crippen LogP contribution in [0.4, 0.5) is 4.79 Å². The summed E-state index contributed by atoms with van der Waals surface area (Å²) in [5.41, 5.74) is 0. The third-order valence-corrected chi connectivity index (χ3v) is 0. The molecule has 0 unspecified atom stereocenters. The second kappa shape index (κ2) is 19.7. The Labute approximate surface area is 36.7 Å². The SMILES string of the molecule is O=C([O-])[O-].[F-].[F-].[F-]. The molecule has 0 aromatic rings. The maximum absolute atomic E-state index is 8.33. The van der Waals surface area contributed by atoms with Crippen LogP contribution in [0.2, 0.25) is 0 Å². The van der Waals surface area contributed by atoms with Crippen LogP contribution in [0.15, 0.2) is 0 Å². The first-order valence-corrected chi connectivity index (χ1v) is 0.612. The number of carbonyl (C=O) groups is 1. The van der Waals surface area contributed by atoms with E-state index in [-0.39, 0.29) is 14.1 Å². The highest BCUT2D eigenvalue weighted by atomic mass is 19.0. The summed E-state index contributed by atoms with van der Waals surface area (Å²) in [6, 6.07) is 0. The molecule has 0 amide bonds. The van der Waals surface area contributed by atoms with Gasteiger partial charge in [-0.1, -0.05) is 0 Å². The molecular formula is CF3O3-5. The molecular weight excluding hydrogens is 117 g/mol. The van der Waals surface area contributed by atoms with Crippen molar-refractivity contribution in [1.29, 1.82) is 0 Å². The van der Waals surface area contributed by atoms with Crippen LogP contribution in [0.1, 0.15) is 0 Å². The van der Waals surface area contributed by atoms with Crippen molar-refractivity contribution in [3.63, 3.8) is 0 Å². The number of rotatable bonds is 0. The van der Waals surface area contributed by atoms with Gasteiger partial charge in [0, 0.05) is 0 Å². The summed E-state index contributed by atoms with van der Waals surface area (Å²) in [6.45, 7) is 0. The van der Waals surface area contributed by atoms with Gasteiger partial charge >= 0.3 is 0 Å². The lowest BCUT2D eigenvalue weighted by Crippen LogP contribution is -3.00. The van der Waals surface area contributed by atoms with Gasteiger partial charge in [-0.15, -0.1) is 0 Å². The van der Waals surface area contributed by atoms with Crippen LogP contribution in [-0.4, -0.2) is 6.16 Å². The molecule has 6 heteroatoms. The molecule has 0 aliphatic carbocycles. The minimum Gasteiger partial charge on any atom is -1.00 e. The molecule has 3 nitrogen and oxygen atoms in total. The molecule has 0 aromatic heterocycles. The van der Waals surface area contributed by atoms with Gasteiger partial charge in [-0.2, -0.15) is 0 Å². The Morgan fingerprint density at radius 2 is 1.00 bits per heavy atom. The highest BCUT2D eigenvalue weighted by Gasteiger charge is 1.26. The molecule has 0 saturated heterocycles. The van der Waals surface area contributed by atoms with Gasteiger partial charge in [-0.25, -0.2) is 0 Å². The number of hydrogen-bond donors (Lipinski definition) is 0. The zero-order chi connectivity index (χ0) is 3.58. The largest absolute Gasteiger partial charge is 1.00 e. The summed E-state index contributed by atoms with van der Waals surface area (Å²) < 4.78 is 0. The average molecular weight is 117 g/mol. The van der Waals surface area contributed by atoms with Crippen LogP contribution in [0.5, 0.6) is 0 Å². The number of carboxylic acid groups (broad SMARTS) is 2. The van der Waals surface area contributed by atoms with Crippen molar-refractivity contribution in [3.05, 3.63) is 0 Å². The van der Waals surface area contributed by atoms with Gasteiger partial charge in [0.25, 0.3) is 0 Å². The molecule has 0 fully saturated rings. The first-order valence-electron chi connectivity index (χ1n) is 0.612. The lowest BCUT2D eigenvalue weighted by molar-refractivity contribution is -0.415. The molecule has 0 rings (SSSR count). The standard InChI is InChI=1S/CH2O3.3FH/c2-1(3)4;;;/h(H2,2,3,4);3*1H/p-5. The van der Waals surface area contributed by atoms with Crippen molar-refractivity contribution in [2.24, 2.45) is 0 Å². The Kier molecular flexibility index (Phi) is 103. The lowest BCUT2D eigenvalue weighted by Gasteiger charge is -1.96. The summed E-state index contributed by atoms with van der Waals surface area (Å²) in [5, 5.41) is 16.7. The normalized spacial score (nSPS) is 3.43. The summed E-state index contributed by atoms with van der Waals surface area (Å²) in [4.78, 5) is 8.33. The maximum Gasteiger partial charge on any atom is -0.0431 e. The summed E-state index contributed by atoms with van der Waals surface area (Å²) >= 11 is 0. The van der Waals surface area contributed by atoms with E-state index in [1.54, 1.807) is 0 Å². The van der Waals surface area contributed by atoms with Gasteiger partial charge in [-0.05, 0) is 6.16 Å². The molecule has 0 N–H and O–H groups in total. The Bertz CT molecular complexity index is 33.2. The Hall–Kier alpha value is -0.940. The lowest BCUT2D eigenvalue weighted by atomic mass is 11.5. The van der Waals surface area contributed by atoms with Gasteiger partial charge in [0.2, 0.25) is 0 Å². The molecule has 0 saturated carbocycles. The average Bonchev–Trinajstić information content (AvgIpc) is 0.811. The fourth-order valence-corrected chi connectivity index (χ4v) is 0. The molecule has 0 aliphatic heterocycles. The molecule has 7 heavy (non-hydrogen) atoms. The Morgan fingerprint density at radius 3 is 1.00 bits per heavy atom. The predicted octanol–water partition coefficient (Wildman–Crippen LogP) is -11.4. The van der Waals surface area contributed by atoms with Crippen molar-refractivity contribution in [2.75, 3.05) is 0 Å². The highest BCUT2D eigenvalue weighted by molar-refractivity contribution is 5.47. The van der Waals surface area contributed by atoms with E-state index in [1.807, 2.05) is 0 Å². The fraction of sp³-hybridized carbons (Fsp3) is 0. The highest BCUT2D eigenvalue weighted by Crippen LogP contribution is 1.21. The molecule has 0 bridgehead atoms. The van der Waals surface area contributed by atoms with E-state index >= 15 is 0 Å². The van der Waals surface area contributed by atoms with E-state index in [9.17, 15) is 0 Å². The van der Waals surface area contributed by atoms with E-state index < -0.39 is 6.16 Å². The van der Waals surface area contributed by atoms with Crippen LogP contribution in [0, 0.1) is 0 Å². The van der Waals surface area contributed by atoms with Gasteiger partial charge in [0.15, 0.2) is 0 Å². The zero-order valence-electron chi connectivity index (χ0n) is 2.86. The van der Waals surface area contributed by atoms with E-state index in [2.05, 4.69) is 0 Å². The van der Waals surface area contributed by atoms with Crippen molar-refractivity contribution in [1.82, 2.24) is 0 Å². The number of hydrogen-bond acceptors (Lipinski definition) is 3. The zero-order valence-corrected chi connectivity index (χ0v) is 2.86. The van der Waals surface area contributed by atoms with E-state index in [0.717, 1.165) is 0 Å². The molecule has 0 atom stereocenters. The molecule has 48 valence electrons. The monoisotopic (exact) mass is 117 g/mol. The Balaban J connectivity index is -0.0000000150. The third-order valence-electron chi connectivity index (χ3n) is 0.